The molecule has 0 radical (unpaired) electrons. The van der Waals surface area contributed by atoms with Gasteiger partial charge in [0.05, 0.1) is 0 Å². The summed E-state index contributed by atoms with van der Waals surface area (Å²) >= 11 is 0. The lowest BCUT2D eigenvalue weighted by molar-refractivity contribution is -0.164. The Morgan fingerprint density at radius 2 is 1.53 bits per heavy atom. The van der Waals surface area contributed by atoms with E-state index in [1.807, 2.05) is 6.07 Å². The second-order valence-electron chi connectivity index (χ2n) is 9.52. The van der Waals surface area contributed by atoms with E-state index in [1.54, 1.807) is 65.8 Å². The Morgan fingerprint density at radius 3 is 1.97 bits per heavy atom. The van der Waals surface area contributed by atoms with Gasteiger partial charge in [-0.05, 0) is 35.3 Å². The molecule has 0 N–H and O–H groups in total. The Bertz CT molecular complexity index is 959. The smallest absolute Gasteiger partial charge is 0.329 e. The van der Waals surface area contributed by atoms with Crippen molar-refractivity contribution in [1.29, 1.82) is 0 Å². The van der Waals surface area contributed by atoms with Gasteiger partial charge in [-0.2, -0.15) is 0 Å². The van der Waals surface area contributed by atoms with Crippen molar-refractivity contribution in [3.63, 3.8) is 0 Å². The van der Waals surface area contributed by atoms with E-state index < -0.39 is 47.7 Å². The predicted octanol–water partition coefficient (Wildman–Crippen LogP) is 3.47. The number of hydrogen-bond donors (Lipinski definition) is 0. The first-order chi connectivity index (χ1) is 17.0. The molecule has 0 heterocycles. The van der Waals surface area contributed by atoms with E-state index in [-0.39, 0.29) is 31.8 Å². The van der Waals surface area contributed by atoms with Crippen LogP contribution in [0.3, 0.4) is 0 Å². The number of carbonyl (C=O) groups is 5. The summed E-state index contributed by atoms with van der Waals surface area (Å²) in [6, 6.07) is 5.01. The molecular formula is C25H35N5O6. The van der Waals surface area contributed by atoms with Crippen LogP contribution in [0.4, 0.5) is 0 Å². The van der Waals surface area contributed by atoms with Gasteiger partial charge in [-0.1, -0.05) is 77.0 Å². The molecule has 36 heavy (non-hydrogen) atoms. The minimum absolute atomic E-state index is 0.0264. The van der Waals surface area contributed by atoms with Crippen LogP contribution >= 0.6 is 0 Å². The maximum atomic E-state index is 13.6. The van der Waals surface area contributed by atoms with Gasteiger partial charge in [-0.3, -0.25) is 29.0 Å². The van der Waals surface area contributed by atoms with E-state index in [0.29, 0.717) is 9.80 Å². The molecule has 1 aromatic rings. The van der Waals surface area contributed by atoms with Crippen LogP contribution in [0, 0.1) is 17.8 Å². The van der Waals surface area contributed by atoms with E-state index >= 15 is 0 Å². The summed E-state index contributed by atoms with van der Waals surface area (Å²) in [5.74, 6) is -3.70. The topological polar surface area (TPSA) is 150 Å². The Labute approximate surface area is 211 Å². The summed E-state index contributed by atoms with van der Waals surface area (Å²) in [4.78, 5) is 67.9. The third-order valence-corrected chi connectivity index (χ3v) is 5.51. The van der Waals surface area contributed by atoms with Gasteiger partial charge in [0.2, 0.25) is 18.7 Å². The molecule has 0 saturated heterocycles. The molecule has 196 valence electrons. The monoisotopic (exact) mass is 501 g/mol. The Kier molecular flexibility index (Phi) is 12.3. The minimum Gasteiger partial charge on any atom is -0.459 e. The van der Waals surface area contributed by atoms with Crippen LogP contribution in [0.5, 0.6) is 0 Å². The van der Waals surface area contributed by atoms with Gasteiger partial charge in [-0.25, -0.2) is 4.79 Å². The van der Waals surface area contributed by atoms with Crippen LogP contribution in [0.15, 0.2) is 35.4 Å². The third kappa shape index (κ3) is 8.20. The first-order valence-corrected chi connectivity index (χ1v) is 11.8. The molecule has 3 atom stereocenters. The lowest BCUT2D eigenvalue weighted by Crippen LogP contribution is -2.57. The molecule has 0 bridgehead atoms. The fraction of sp³-hybridized carbons (Fsp3) is 0.560. The van der Waals surface area contributed by atoms with Crippen LogP contribution in [0.25, 0.3) is 10.4 Å². The zero-order chi connectivity index (χ0) is 27.4. The van der Waals surface area contributed by atoms with Crippen LogP contribution in [-0.2, 0) is 35.3 Å². The number of hydrogen-bond acceptors (Lipinski definition) is 7. The number of rotatable bonds is 14. The molecule has 0 spiro atoms. The number of imide groups is 2. The number of azide groups is 1. The molecule has 0 aromatic heterocycles. The number of esters is 1. The highest BCUT2D eigenvalue weighted by atomic mass is 16.5. The van der Waals surface area contributed by atoms with Gasteiger partial charge in [0.15, 0.2) is 0 Å². The fourth-order valence-electron chi connectivity index (χ4n) is 3.68. The van der Waals surface area contributed by atoms with Gasteiger partial charge in [-0.15, -0.1) is 0 Å². The average Bonchev–Trinajstić information content (AvgIpc) is 2.83. The van der Waals surface area contributed by atoms with Crippen molar-refractivity contribution >= 4 is 30.6 Å². The Morgan fingerprint density at radius 1 is 0.944 bits per heavy atom. The summed E-state index contributed by atoms with van der Waals surface area (Å²) in [6.07, 6.45) is 0.431. The molecule has 0 aliphatic carbocycles. The minimum atomic E-state index is -1.39. The number of ether oxygens (including phenoxy) is 1. The van der Waals surface area contributed by atoms with Gasteiger partial charge < -0.3 is 4.74 Å². The maximum Gasteiger partial charge on any atom is 0.329 e. The standard InChI is InChI=1S/C25H35N5O6/c1-16(2)12-20(29(14-31)24(34)21(17(3)4)27-28-26)23(33)30(15-32)22(18(5)6)25(35)36-13-19-10-8-7-9-11-19/h7-11,14-18,20-22H,12-13H2,1-6H3/t20-,21-,22-/m0/s1. The van der Waals surface area contributed by atoms with E-state index in [1.165, 1.54) is 0 Å². The third-order valence-electron chi connectivity index (χ3n) is 5.51. The van der Waals surface area contributed by atoms with Gasteiger partial charge in [0.25, 0.3) is 5.91 Å². The second kappa shape index (κ2) is 14.6. The van der Waals surface area contributed by atoms with Crippen molar-refractivity contribution in [3.05, 3.63) is 46.3 Å². The van der Waals surface area contributed by atoms with Crippen molar-refractivity contribution in [2.75, 3.05) is 0 Å². The highest BCUT2D eigenvalue weighted by Gasteiger charge is 2.41. The summed E-state index contributed by atoms with van der Waals surface area (Å²) < 4.78 is 5.38. The molecule has 1 aromatic carbocycles. The van der Waals surface area contributed by atoms with E-state index in [0.717, 1.165) is 5.56 Å². The molecular weight excluding hydrogens is 466 g/mol. The lowest BCUT2D eigenvalue weighted by atomic mass is 9.96. The highest BCUT2D eigenvalue weighted by molar-refractivity contribution is 6.00. The molecule has 4 amide bonds. The first-order valence-electron chi connectivity index (χ1n) is 11.8. The van der Waals surface area contributed by atoms with Gasteiger partial charge in [0, 0.05) is 4.91 Å². The number of benzene rings is 1. The fourth-order valence-corrected chi connectivity index (χ4v) is 3.68. The zero-order valence-electron chi connectivity index (χ0n) is 21.6. The van der Waals surface area contributed by atoms with E-state index in [9.17, 15) is 24.0 Å². The van der Waals surface area contributed by atoms with Gasteiger partial charge >= 0.3 is 5.97 Å². The molecule has 11 heteroatoms. The summed E-state index contributed by atoms with van der Waals surface area (Å²) in [7, 11) is 0. The zero-order valence-corrected chi connectivity index (χ0v) is 21.6. The molecule has 1 rings (SSSR count). The molecule has 0 saturated carbocycles. The van der Waals surface area contributed by atoms with Gasteiger partial charge in [0.1, 0.15) is 24.7 Å². The SMILES string of the molecule is CC(C)C[C@@H](C(=O)N(C=O)[C@H](C(=O)OCc1ccccc1)C(C)C)N(C=O)C(=O)[C@@H](N=[N+]=[N-])C(C)C. The van der Waals surface area contributed by atoms with Crippen molar-refractivity contribution in [2.45, 2.75) is 72.7 Å². The normalized spacial score (nSPS) is 13.4. The summed E-state index contributed by atoms with van der Waals surface area (Å²) in [5, 5.41) is 3.48. The maximum absolute atomic E-state index is 13.6. The number of nitrogens with zero attached hydrogens (tertiary/aromatic N) is 5. The molecule has 11 nitrogen and oxygen atoms in total. The van der Waals surface area contributed by atoms with Crippen molar-refractivity contribution in [3.8, 4) is 0 Å². The molecule has 0 aliphatic rings. The van der Waals surface area contributed by atoms with E-state index in [2.05, 4.69) is 10.0 Å². The highest BCUT2D eigenvalue weighted by Crippen LogP contribution is 2.21. The van der Waals surface area contributed by atoms with Crippen LogP contribution in [0.1, 0.15) is 53.5 Å². The van der Waals surface area contributed by atoms with Crippen LogP contribution in [0.2, 0.25) is 0 Å². The molecule has 0 aliphatic heterocycles. The quantitative estimate of drug-likeness (QED) is 0.125. The predicted molar refractivity (Wildman–Crippen MR) is 132 cm³/mol. The summed E-state index contributed by atoms with van der Waals surface area (Å²) in [5.41, 5.74) is 9.59. The second-order valence-corrected chi connectivity index (χ2v) is 9.52. The average molecular weight is 502 g/mol. The number of amides is 4. The number of carbonyl (C=O) groups excluding carboxylic acids is 5. The lowest BCUT2D eigenvalue weighted by Gasteiger charge is -2.35. The van der Waals surface area contributed by atoms with Crippen molar-refractivity contribution in [2.24, 2.45) is 22.9 Å². The van der Waals surface area contributed by atoms with Crippen LogP contribution < -0.4 is 0 Å². The first kappa shape index (κ1) is 30.3. The Hall–Kier alpha value is -3.72. The Balaban J connectivity index is 3.34. The van der Waals surface area contributed by atoms with Crippen molar-refractivity contribution < 1.29 is 28.7 Å². The molecule has 0 unspecified atom stereocenters. The largest absolute Gasteiger partial charge is 0.459 e. The summed E-state index contributed by atoms with van der Waals surface area (Å²) in [6.45, 7) is 10.1. The van der Waals surface area contributed by atoms with E-state index in [4.69, 9.17) is 10.3 Å². The van der Waals surface area contributed by atoms with Crippen LogP contribution in [-0.4, -0.2) is 58.5 Å². The van der Waals surface area contributed by atoms with Crippen molar-refractivity contribution in [1.82, 2.24) is 9.80 Å². The molecule has 0 fully saturated rings.